The Balaban J connectivity index is 2.22. The highest BCUT2D eigenvalue weighted by molar-refractivity contribution is 5.25. The van der Waals surface area contributed by atoms with Crippen molar-refractivity contribution in [3.05, 3.63) is 52.8 Å². The molecule has 132 valence electrons. The minimum absolute atomic E-state index is 0.0821. The SMILES string of the molecule is Cc1nn(CCO)c(C)c1CN(Cc1ccccc1)CC(C)(C)O. The van der Waals surface area contributed by atoms with Crippen LogP contribution in [0.15, 0.2) is 30.3 Å². The van der Waals surface area contributed by atoms with Gasteiger partial charge in [0.2, 0.25) is 0 Å². The van der Waals surface area contributed by atoms with E-state index < -0.39 is 5.60 Å². The standard InChI is InChI=1S/C19H29N3O2/c1-15-18(16(2)22(20-15)10-11-23)13-21(14-19(3,4)24)12-17-8-6-5-7-9-17/h5-9,23-24H,10-14H2,1-4H3. The Kier molecular flexibility index (Phi) is 6.15. The van der Waals surface area contributed by atoms with Crippen LogP contribution in [0.2, 0.25) is 0 Å². The zero-order chi connectivity index (χ0) is 17.7. The molecule has 1 aromatic heterocycles. The van der Waals surface area contributed by atoms with Crippen molar-refractivity contribution >= 4 is 0 Å². The molecular formula is C19H29N3O2. The van der Waals surface area contributed by atoms with Gasteiger partial charge >= 0.3 is 0 Å². The normalized spacial score (nSPS) is 12.1. The summed E-state index contributed by atoms with van der Waals surface area (Å²) in [6.45, 7) is 10.4. The van der Waals surface area contributed by atoms with Crippen molar-refractivity contribution in [2.24, 2.45) is 0 Å². The van der Waals surface area contributed by atoms with Crippen molar-refractivity contribution in [3.63, 3.8) is 0 Å². The van der Waals surface area contributed by atoms with Crippen molar-refractivity contribution in [3.8, 4) is 0 Å². The topological polar surface area (TPSA) is 61.5 Å². The van der Waals surface area contributed by atoms with E-state index in [-0.39, 0.29) is 6.61 Å². The molecule has 1 heterocycles. The van der Waals surface area contributed by atoms with Crippen LogP contribution in [-0.2, 0) is 19.6 Å². The molecule has 0 saturated heterocycles. The molecule has 0 saturated carbocycles. The van der Waals surface area contributed by atoms with Gasteiger partial charge < -0.3 is 10.2 Å². The summed E-state index contributed by atoms with van der Waals surface area (Å²) < 4.78 is 1.86. The molecule has 0 atom stereocenters. The van der Waals surface area contributed by atoms with Crippen LogP contribution in [0.5, 0.6) is 0 Å². The predicted octanol–water partition coefficient (Wildman–Crippen LogP) is 2.27. The highest BCUT2D eigenvalue weighted by atomic mass is 16.3. The second-order valence-corrected chi connectivity index (χ2v) is 7.04. The first-order valence-electron chi connectivity index (χ1n) is 8.42. The molecule has 24 heavy (non-hydrogen) atoms. The van der Waals surface area contributed by atoms with Gasteiger partial charge in [0.1, 0.15) is 0 Å². The first kappa shape index (κ1) is 18.6. The van der Waals surface area contributed by atoms with Gasteiger partial charge in [-0.25, -0.2) is 0 Å². The summed E-state index contributed by atoms with van der Waals surface area (Å²) in [5.41, 5.74) is 3.69. The van der Waals surface area contributed by atoms with Crippen molar-refractivity contribution in [1.82, 2.24) is 14.7 Å². The number of nitrogens with zero attached hydrogens (tertiary/aromatic N) is 3. The summed E-state index contributed by atoms with van der Waals surface area (Å²) in [5.74, 6) is 0. The summed E-state index contributed by atoms with van der Waals surface area (Å²) in [5, 5.41) is 24.0. The fraction of sp³-hybridized carbons (Fsp3) is 0.526. The number of aliphatic hydroxyl groups excluding tert-OH is 1. The number of benzene rings is 1. The average molecular weight is 331 g/mol. The van der Waals surface area contributed by atoms with Crippen LogP contribution >= 0.6 is 0 Å². The number of hydrogen-bond acceptors (Lipinski definition) is 4. The molecule has 0 spiro atoms. The van der Waals surface area contributed by atoms with Crippen LogP contribution in [-0.4, -0.2) is 43.6 Å². The number of aromatic nitrogens is 2. The van der Waals surface area contributed by atoms with Gasteiger partial charge in [-0.2, -0.15) is 5.10 Å². The third-order valence-electron chi connectivity index (χ3n) is 4.08. The molecule has 0 radical (unpaired) electrons. The number of aliphatic hydroxyl groups is 2. The van der Waals surface area contributed by atoms with E-state index in [9.17, 15) is 5.11 Å². The molecule has 0 unspecified atom stereocenters. The maximum absolute atomic E-state index is 10.3. The molecule has 0 aliphatic rings. The van der Waals surface area contributed by atoms with Gasteiger partial charge in [-0.1, -0.05) is 30.3 Å². The largest absolute Gasteiger partial charge is 0.394 e. The van der Waals surface area contributed by atoms with E-state index >= 15 is 0 Å². The van der Waals surface area contributed by atoms with Crippen molar-refractivity contribution in [2.75, 3.05) is 13.2 Å². The minimum Gasteiger partial charge on any atom is -0.394 e. The third-order valence-corrected chi connectivity index (χ3v) is 4.08. The van der Waals surface area contributed by atoms with E-state index in [0.717, 1.165) is 24.5 Å². The number of rotatable bonds is 8. The summed E-state index contributed by atoms with van der Waals surface area (Å²) in [7, 11) is 0. The van der Waals surface area contributed by atoms with Crippen LogP contribution in [0.4, 0.5) is 0 Å². The fourth-order valence-corrected chi connectivity index (χ4v) is 3.06. The second-order valence-electron chi connectivity index (χ2n) is 7.04. The van der Waals surface area contributed by atoms with Crippen molar-refractivity contribution < 1.29 is 10.2 Å². The number of hydrogen-bond donors (Lipinski definition) is 2. The van der Waals surface area contributed by atoms with E-state index in [0.29, 0.717) is 13.1 Å². The molecule has 0 aliphatic carbocycles. The van der Waals surface area contributed by atoms with E-state index in [1.807, 2.05) is 50.6 Å². The molecule has 0 aliphatic heterocycles. The molecule has 2 N–H and O–H groups in total. The lowest BCUT2D eigenvalue weighted by molar-refractivity contribution is 0.0305. The van der Waals surface area contributed by atoms with Crippen molar-refractivity contribution in [2.45, 2.75) is 52.9 Å². The van der Waals surface area contributed by atoms with Gasteiger partial charge in [0.15, 0.2) is 0 Å². The van der Waals surface area contributed by atoms with E-state index in [1.165, 1.54) is 11.1 Å². The van der Waals surface area contributed by atoms with Crippen LogP contribution in [0.1, 0.15) is 36.4 Å². The summed E-state index contributed by atoms with van der Waals surface area (Å²) >= 11 is 0. The Labute approximate surface area is 144 Å². The quantitative estimate of drug-likeness (QED) is 0.779. The zero-order valence-corrected chi connectivity index (χ0v) is 15.2. The van der Waals surface area contributed by atoms with Crippen LogP contribution in [0.3, 0.4) is 0 Å². The molecule has 0 bridgehead atoms. The zero-order valence-electron chi connectivity index (χ0n) is 15.2. The van der Waals surface area contributed by atoms with Gasteiger partial charge in [-0.15, -0.1) is 0 Å². The minimum atomic E-state index is -0.766. The smallest absolute Gasteiger partial charge is 0.0718 e. The average Bonchev–Trinajstić information content (AvgIpc) is 2.75. The highest BCUT2D eigenvalue weighted by Gasteiger charge is 2.21. The maximum atomic E-state index is 10.3. The molecule has 0 amide bonds. The van der Waals surface area contributed by atoms with Crippen LogP contribution in [0, 0.1) is 13.8 Å². The molecule has 0 fully saturated rings. The fourth-order valence-electron chi connectivity index (χ4n) is 3.06. The molecule has 2 rings (SSSR count). The Hall–Kier alpha value is -1.69. The molecule has 5 heteroatoms. The summed E-state index contributed by atoms with van der Waals surface area (Å²) in [6, 6.07) is 10.3. The second kappa shape index (κ2) is 7.92. The monoisotopic (exact) mass is 331 g/mol. The first-order valence-corrected chi connectivity index (χ1v) is 8.42. The summed E-state index contributed by atoms with van der Waals surface area (Å²) in [4.78, 5) is 2.25. The Morgan fingerprint density at radius 2 is 1.79 bits per heavy atom. The van der Waals surface area contributed by atoms with Gasteiger partial charge in [-0.3, -0.25) is 9.58 Å². The first-order chi connectivity index (χ1) is 11.3. The third kappa shape index (κ3) is 5.16. The van der Waals surface area contributed by atoms with E-state index in [4.69, 9.17) is 5.11 Å². The molecule has 5 nitrogen and oxygen atoms in total. The number of aryl methyl sites for hydroxylation is 1. The maximum Gasteiger partial charge on any atom is 0.0718 e. The van der Waals surface area contributed by atoms with Crippen LogP contribution < -0.4 is 0 Å². The predicted molar refractivity (Wildman–Crippen MR) is 95.6 cm³/mol. The van der Waals surface area contributed by atoms with E-state index in [2.05, 4.69) is 22.1 Å². The molecule has 1 aromatic carbocycles. The van der Waals surface area contributed by atoms with E-state index in [1.54, 1.807) is 0 Å². The summed E-state index contributed by atoms with van der Waals surface area (Å²) in [6.07, 6.45) is 0. The Bertz CT molecular complexity index is 645. The molecular weight excluding hydrogens is 302 g/mol. The Morgan fingerprint density at radius 3 is 2.38 bits per heavy atom. The lowest BCUT2D eigenvalue weighted by Gasteiger charge is -2.29. The highest BCUT2D eigenvalue weighted by Crippen LogP contribution is 2.19. The lowest BCUT2D eigenvalue weighted by atomic mass is 10.1. The van der Waals surface area contributed by atoms with Gasteiger partial charge in [0.25, 0.3) is 0 Å². The Morgan fingerprint density at radius 1 is 1.12 bits per heavy atom. The van der Waals surface area contributed by atoms with Crippen molar-refractivity contribution in [1.29, 1.82) is 0 Å². The van der Waals surface area contributed by atoms with Crippen LogP contribution in [0.25, 0.3) is 0 Å². The van der Waals surface area contributed by atoms with Gasteiger partial charge in [0, 0.05) is 30.9 Å². The lowest BCUT2D eigenvalue weighted by Crippen LogP contribution is -2.38. The van der Waals surface area contributed by atoms with Gasteiger partial charge in [0.05, 0.1) is 24.4 Å². The van der Waals surface area contributed by atoms with Gasteiger partial charge in [-0.05, 0) is 33.3 Å². The molecule has 2 aromatic rings.